The lowest BCUT2D eigenvalue weighted by Gasteiger charge is -2.29. The van der Waals surface area contributed by atoms with Crippen LogP contribution in [0.2, 0.25) is 0 Å². The summed E-state index contributed by atoms with van der Waals surface area (Å²) in [5.74, 6) is -0.346. The average molecular weight is 360 g/mol. The molecule has 27 heavy (non-hydrogen) atoms. The van der Waals surface area contributed by atoms with Crippen LogP contribution in [0.4, 0.5) is 10.5 Å². The van der Waals surface area contributed by atoms with Crippen molar-refractivity contribution in [1.82, 2.24) is 15.2 Å². The van der Waals surface area contributed by atoms with Crippen molar-refractivity contribution in [2.45, 2.75) is 19.5 Å². The molecule has 8 heteroatoms. The van der Waals surface area contributed by atoms with Gasteiger partial charge >= 0.3 is 6.03 Å². The van der Waals surface area contributed by atoms with Crippen LogP contribution in [0.15, 0.2) is 36.5 Å². The van der Waals surface area contributed by atoms with E-state index in [9.17, 15) is 14.9 Å². The zero-order valence-electron chi connectivity index (χ0n) is 14.6. The molecule has 3 rings (SSSR count). The summed E-state index contributed by atoms with van der Waals surface area (Å²) in [7, 11) is 0. The van der Waals surface area contributed by atoms with Gasteiger partial charge in [-0.2, -0.15) is 10.5 Å². The molecule has 2 N–H and O–H groups in total. The summed E-state index contributed by atoms with van der Waals surface area (Å²) in [6.07, 6.45) is 1.44. The number of hydrogen-bond donors (Lipinski definition) is 2. The molecule has 2 aromatic rings. The third kappa shape index (κ3) is 3.86. The minimum atomic E-state index is -0.392. The van der Waals surface area contributed by atoms with Crippen molar-refractivity contribution < 1.29 is 9.59 Å². The van der Waals surface area contributed by atoms with E-state index >= 15 is 0 Å². The number of anilines is 1. The number of carbonyl (C=O) groups excluding carboxylic acids is 2. The number of carbonyl (C=O) groups is 2. The first-order chi connectivity index (χ1) is 13.0. The summed E-state index contributed by atoms with van der Waals surface area (Å²) in [5.41, 5.74) is 2.80. The van der Waals surface area contributed by atoms with E-state index in [4.69, 9.17) is 5.26 Å². The molecule has 3 amide bonds. The van der Waals surface area contributed by atoms with Gasteiger partial charge in [0.15, 0.2) is 0 Å². The van der Waals surface area contributed by atoms with Crippen molar-refractivity contribution in [3.63, 3.8) is 0 Å². The van der Waals surface area contributed by atoms with Crippen molar-refractivity contribution in [3.8, 4) is 12.1 Å². The van der Waals surface area contributed by atoms with E-state index < -0.39 is 6.03 Å². The predicted octanol–water partition coefficient (Wildman–Crippen LogP) is 2.05. The van der Waals surface area contributed by atoms with E-state index in [1.54, 1.807) is 37.3 Å². The third-order valence-electron chi connectivity index (χ3n) is 4.25. The molecule has 1 aromatic heterocycles. The molecule has 0 aliphatic carbocycles. The molecule has 0 saturated heterocycles. The monoisotopic (exact) mass is 360 g/mol. The second kappa shape index (κ2) is 7.54. The van der Waals surface area contributed by atoms with Gasteiger partial charge in [0.05, 0.1) is 35.5 Å². The predicted molar refractivity (Wildman–Crippen MR) is 96.1 cm³/mol. The van der Waals surface area contributed by atoms with Gasteiger partial charge in [0.2, 0.25) is 5.91 Å². The average Bonchev–Trinajstić information content (AvgIpc) is 2.68. The van der Waals surface area contributed by atoms with Gasteiger partial charge in [-0.15, -0.1) is 0 Å². The van der Waals surface area contributed by atoms with Gasteiger partial charge in [-0.05, 0) is 31.2 Å². The minimum Gasteiger partial charge on any atom is -0.346 e. The first-order valence-electron chi connectivity index (χ1n) is 8.25. The number of rotatable bonds is 4. The maximum atomic E-state index is 12.4. The van der Waals surface area contributed by atoms with Crippen molar-refractivity contribution in [1.29, 1.82) is 10.5 Å². The van der Waals surface area contributed by atoms with Crippen molar-refractivity contribution in [2.75, 3.05) is 11.9 Å². The minimum absolute atomic E-state index is 0.147. The number of pyridine rings is 1. The van der Waals surface area contributed by atoms with Crippen molar-refractivity contribution in [2.24, 2.45) is 0 Å². The summed E-state index contributed by atoms with van der Waals surface area (Å²) in [6.45, 7) is 1.80. The van der Waals surface area contributed by atoms with E-state index in [1.807, 2.05) is 6.07 Å². The summed E-state index contributed by atoms with van der Waals surface area (Å²) in [5, 5.41) is 23.5. The number of aromatic nitrogens is 1. The number of nitrogens with one attached hydrogen (secondary N) is 2. The van der Waals surface area contributed by atoms with Gasteiger partial charge in [-0.25, -0.2) is 4.79 Å². The molecule has 0 saturated carbocycles. The molecule has 0 bridgehead atoms. The maximum Gasteiger partial charge on any atom is 0.322 e. The van der Waals surface area contributed by atoms with Crippen molar-refractivity contribution in [3.05, 3.63) is 58.9 Å². The van der Waals surface area contributed by atoms with E-state index in [1.165, 1.54) is 11.1 Å². The van der Waals surface area contributed by atoms with Crippen LogP contribution in [0.3, 0.4) is 0 Å². The third-order valence-corrected chi connectivity index (χ3v) is 4.25. The van der Waals surface area contributed by atoms with Gasteiger partial charge in [0.1, 0.15) is 12.6 Å². The Morgan fingerprint density at radius 2 is 2.15 bits per heavy atom. The molecule has 0 spiro atoms. The Kier molecular flexibility index (Phi) is 5.00. The lowest BCUT2D eigenvalue weighted by atomic mass is 10.0. The number of nitrogens with zero attached hydrogens (tertiary/aromatic N) is 4. The molecule has 1 aliphatic heterocycles. The molecule has 0 radical (unpaired) electrons. The highest BCUT2D eigenvalue weighted by Gasteiger charge is 2.26. The van der Waals surface area contributed by atoms with E-state index in [-0.39, 0.29) is 25.0 Å². The summed E-state index contributed by atoms with van der Waals surface area (Å²) in [4.78, 5) is 30.1. The molecular weight excluding hydrogens is 344 g/mol. The molecule has 134 valence electrons. The summed E-state index contributed by atoms with van der Waals surface area (Å²) >= 11 is 0. The summed E-state index contributed by atoms with van der Waals surface area (Å²) in [6, 6.07) is 11.7. The fourth-order valence-electron chi connectivity index (χ4n) is 2.83. The number of amides is 3. The maximum absolute atomic E-state index is 12.4. The number of nitriles is 2. The largest absolute Gasteiger partial charge is 0.346 e. The second-order valence-electron chi connectivity index (χ2n) is 6.10. The van der Waals surface area contributed by atoms with Crippen LogP contribution >= 0.6 is 0 Å². The number of hydrogen-bond acceptors (Lipinski definition) is 5. The van der Waals surface area contributed by atoms with Gasteiger partial charge in [0, 0.05) is 17.4 Å². The Morgan fingerprint density at radius 1 is 1.33 bits per heavy atom. The Hall–Kier alpha value is -3.91. The Bertz CT molecular complexity index is 971. The highest BCUT2D eigenvalue weighted by molar-refractivity contribution is 5.95. The Labute approximate surface area is 156 Å². The standard InChI is InChI=1S/C19H16N6O2/c1-12(16-6-5-13(7-20)9-22-16)23-18(26)11-25-10-15-14(8-21)3-2-4-17(15)24-19(25)27/h2-6,9,12H,10-11H2,1H3,(H,23,26)(H,24,27)/t12-/m0/s1. The highest BCUT2D eigenvalue weighted by atomic mass is 16.2. The fourth-order valence-corrected chi connectivity index (χ4v) is 2.83. The van der Waals surface area contributed by atoms with Crippen LogP contribution in [-0.2, 0) is 11.3 Å². The summed E-state index contributed by atoms with van der Waals surface area (Å²) < 4.78 is 0. The number of benzene rings is 1. The first-order valence-corrected chi connectivity index (χ1v) is 8.25. The van der Waals surface area contributed by atoms with E-state index in [0.717, 1.165) is 0 Å². The van der Waals surface area contributed by atoms with Gasteiger partial charge in [-0.3, -0.25) is 9.78 Å². The Morgan fingerprint density at radius 3 is 2.81 bits per heavy atom. The van der Waals surface area contributed by atoms with Crippen molar-refractivity contribution >= 4 is 17.6 Å². The molecule has 1 aromatic carbocycles. The fraction of sp³-hybridized carbons (Fsp3) is 0.211. The lowest BCUT2D eigenvalue weighted by Crippen LogP contribution is -2.45. The van der Waals surface area contributed by atoms with Gasteiger partial charge < -0.3 is 15.5 Å². The lowest BCUT2D eigenvalue weighted by molar-refractivity contribution is -0.122. The quantitative estimate of drug-likeness (QED) is 0.864. The van der Waals surface area contributed by atoms with Crippen LogP contribution in [-0.4, -0.2) is 28.4 Å². The molecule has 8 nitrogen and oxygen atoms in total. The first kappa shape index (κ1) is 17.9. The smallest absolute Gasteiger partial charge is 0.322 e. The second-order valence-corrected chi connectivity index (χ2v) is 6.10. The van der Waals surface area contributed by atoms with Crippen LogP contribution in [0.5, 0.6) is 0 Å². The van der Waals surface area contributed by atoms with E-state index in [0.29, 0.717) is 28.1 Å². The molecule has 2 heterocycles. The van der Waals surface area contributed by atoms with E-state index in [2.05, 4.69) is 21.7 Å². The van der Waals surface area contributed by atoms with Crippen LogP contribution in [0, 0.1) is 22.7 Å². The Balaban J connectivity index is 1.66. The molecular formula is C19H16N6O2. The molecule has 1 aliphatic rings. The molecule has 0 unspecified atom stereocenters. The van der Waals surface area contributed by atoms with Gasteiger partial charge in [-0.1, -0.05) is 6.07 Å². The van der Waals surface area contributed by atoms with Crippen LogP contribution < -0.4 is 10.6 Å². The van der Waals surface area contributed by atoms with Gasteiger partial charge in [0.25, 0.3) is 0 Å². The number of urea groups is 1. The molecule has 0 fully saturated rings. The zero-order chi connectivity index (χ0) is 19.4. The number of fused-ring (bicyclic) bond motifs is 1. The van der Waals surface area contributed by atoms with Crippen LogP contribution in [0.25, 0.3) is 0 Å². The highest BCUT2D eigenvalue weighted by Crippen LogP contribution is 2.26. The molecule has 1 atom stereocenters. The normalized spacial score (nSPS) is 13.6. The van der Waals surface area contributed by atoms with Crippen LogP contribution in [0.1, 0.15) is 35.3 Å². The SMILES string of the molecule is C[C@H](NC(=O)CN1Cc2c(C#N)cccc2NC1=O)c1ccc(C#N)cn1. The topological polar surface area (TPSA) is 122 Å². The zero-order valence-corrected chi connectivity index (χ0v) is 14.6.